The van der Waals surface area contributed by atoms with E-state index in [2.05, 4.69) is 6.58 Å². The number of hydrogen-bond acceptors (Lipinski definition) is 4. The average Bonchev–Trinajstić information content (AvgIpc) is 2.75. The summed E-state index contributed by atoms with van der Waals surface area (Å²) >= 11 is 0. The zero-order valence-electron chi connectivity index (χ0n) is 19.0. The Morgan fingerprint density at radius 2 is 1.90 bits per heavy atom. The summed E-state index contributed by atoms with van der Waals surface area (Å²) < 4.78 is 18.9. The quantitative estimate of drug-likeness (QED) is 0.359. The first-order valence-corrected chi connectivity index (χ1v) is 10.3. The smallest absolute Gasteiger partial charge is 0.232 e. The lowest BCUT2D eigenvalue weighted by atomic mass is 9.91. The molecule has 1 aromatic rings. The summed E-state index contributed by atoms with van der Waals surface area (Å²) in [5, 5.41) is 0. The van der Waals surface area contributed by atoms with Gasteiger partial charge in [0.15, 0.2) is 11.6 Å². The summed E-state index contributed by atoms with van der Waals surface area (Å²) in [7, 11) is 4.60. The third-order valence-corrected chi connectivity index (χ3v) is 5.04. The lowest BCUT2D eigenvalue weighted by Crippen LogP contribution is -2.35. The number of carbonyl (C=O) groups excluding carboxylic acids is 3. The van der Waals surface area contributed by atoms with Gasteiger partial charge in [-0.15, -0.1) is 0 Å². The maximum atomic E-state index is 13.9. The van der Waals surface area contributed by atoms with Crippen LogP contribution in [0, 0.1) is 17.7 Å². The van der Waals surface area contributed by atoms with Crippen LogP contribution < -0.4 is 4.74 Å². The number of ether oxygens (including phenoxy) is 1. The number of amides is 1. The highest BCUT2D eigenvalue weighted by molar-refractivity contribution is 6.01. The van der Waals surface area contributed by atoms with Crippen molar-refractivity contribution < 1.29 is 23.5 Å². The summed E-state index contributed by atoms with van der Waals surface area (Å²) in [6.45, 7) is 7.23. The van der Waals surface area contributed by atoms with Gasteiger partial charge in [0.25, 0.3) is 0 Å². The molecule has 2 unspecified atom stereocenters. The van der Waals surface area contributed by atoms with E-state index in [1.807, 2.05) is 0 Å². The first-order valence-electron chi connectivity index (χ1n) is 10.3. The van der Waals surface area contributed by atoms with E-state index in [1.165, 1.54) is 18.1 Å². The maximum Gasteiger partial charge on any atom is 0.232 e. The van der Waals surface area contributed by atoms with Crippen molar-refractivity contribution >= 4 is 23.0 Å². The molecule has 0 saturated carbocycles. The van der Waals surface area contributed by atoms with Gasteiger partial charge in [0, 0.05) is 32.9 Å². The van der Waals surface area contributed by atoms with E-state index < -0.39 is 11.7 Å². The van der Waals surface area contributed by atoms with Gasteiger partial charge >= 0.3 is 0 Å². The summed E-state index contributed by atoms with van der Waals surface area (Å²) in [5.74, 6) is -1.95. The lowest BCUT2D eigenvalue weighted by molar-refractivity contribution is -0.139. The molecule has 0 aromatic heterocycles. The molecule has 0 saturated heterocycles. The SMILES string of the molecule is C=C/C(=C\C=C\C(C)C(=O)CCC(C(=O)CC)C(=O)N(C)C)c1ccc(OC)c(F)c1. The minimum Gasteiger partial charge on any atom is -0.494 e. The number of rotatable bonds is 12. The molecule has 0 aliphatic heterocycles. The number of Topliss-reactive ketones (excluding diaryl/α,β-unsaturated/α-hetero) is 2. The van der Waals surface area contributed by atoms with Gasteiger partial charge in [-0.25, -0.2) is 4.39 Å². The summed E-state index contributed by atoms with van der Waals surface area (Å²) in [4.78, 5) is 38.2. The summed E-state index contributed by atoms with van der Waals surface area (Å²) in [5.41, 5.74) is 1.34. The van der Waals surface area contributed by atoms with E-state index in [4.69, 9.17) is 4.74 Å². The predicted molar refractivity (Wildman–Crippen MR) is 121 cm³/mol. The third-order valence-electron chi connectivity index (χ3n) is 5.04. The van der Waals surface area contributed by atoms with E-state index in [-0.39, 0.29) is 48.4 Å². The highest BCUT2D eigenvalue weighted by Gasteiger charge is 2.27. The fraction of sp³-hybridized carbons (Fsp3) is 0.400. The van der Waals surface area contributed by atoms with Crippen LogP contribution in [0.5, 0.6) is 5.75 Å². The Morgan fingerprint density at radius 3 is 2.42 bits per heavy atom. The van der Waals surface area contributed by atoms with E-state index in [1.54, 1.807) is 64.4 Å². The fourth-order valence-electron chi connectivity index (χ4n) is 3.06. The standard InChI is InChI=1S/C25H32FNO4/c1-7-18(19-12-15-24(31-6)21(26)16-19)11-9-10-17(3)23(29)14-13-20(22(28)8-2)25(30)27(4)5/h7,9-12,15-17,20H,1,8,13-14H2,2-6H3/b10-9+,18-11+. The van der Waals surface area contributed by atoms with Crippen molar-refractivity contribution in [2.24, 2.45) is 11.8 Å². The topological polar surface area (TPSA) is 63.7 Å². The number of methoxy groups -OCH3 is 1. The van der Waals surface area contributed by atoms with Crippen LogP contribution >= 0.6 is 0 Å². The Bertz CT molecular complexity index is 870. The number of benzene rings is 1. The second-order valence-electron chi connectivity index (χ2n) is 7.46. The molecule has 0 radical (unpaired) electrons. The largest absolute Gasteiger partial charge is 0.494 e. The second-order valence-corrected chi connectivity index (χ2v) is 7.46. The van der Waals surface area contributed by atoms with Crippen molar-refractivity contribution in [2.75, 3.05) is 21.2 Å². The molecule has 2 atom stereocenters. The summed E-state index contributed by atoms with van der Waals surface area (Å²) in [6.07, 6.45) is 7.41. The van der Waals surface area contributed by atoms with Crippen molar-refractivity contribution in [3.05, 3.63) is 60.5 Å². The summed E-state index contributed by atoms with van der Waals surface area (Å²) in [6, 6.07) is 4.63. The molecule has 0 aliphatic carbocycles. The monoisotopic (exact) mass is 429 g/mol. The zero-order chi connectivity index (χ0) is 23.6. The van der Waals surface area contributed by atoms with Gasteiger partial charge in [0.05, 0.1) is 13.0 Å². The van der Waals surface area contributed by atoms with Crippen LogP contribution in [0.25, 0.3) is 5.57 Å². The molecule has 1 rings (SSSR count). The van der Waals surface area contributed by atoms with Crippen LogP contribution in [0.15, 0.2) is 49.1 Å². The van der Waals surface area contributed by atoms with Crippen molar-refractivity contribution in [3.63, 3.8) is 0 Å². The van der Waals surface area contributed by atoms with Gasteiger partial charge in [-0.3, -0.25) is 14.4 Å². The molecule has 5 nitrogen and oxygen atoms in total. The molecule has 0 bridgehead atoms. The number of carbonyl (C=O) groups is 3. The predicted octanol–water partition coefficient (Wildman–Crippen LogP) is 4.63. The number of allylic oxidation sites excluding steroid dienone is 5. The molecular formula is C25H32FNO4. The Morgan fingerprint density at radius 1 is 1.23 bits per heavy atom. The molecule has 0 aliphatic rings. The van der Waals surface area contributed by atoms with Crippen LogP contribution in [0.2, 0.25) is 0 Å². The molecule has 6 heteroatoms. The van der Waals surface area contributed by atoms with E-state index in [9.17, 15) is 18.8 Å². The molecule has 31 heavy (non-hydrogen) atoms. The molecular weight excluding hydrogens is 397 g/mol. The molecule has 1 aromatic carbocycles. The van der Waals surface area contributed by atoms with Crippen LogP contribution in [0.1, 0.15) is 38.7 Å². The van der Waals surface area contributed by atoms with Gasteiger partial charge in [0.1, 0.15) is 11.6 Å². The van der Waals surface area contributed by atoms with Gasteiger partial charge in [-0.05, 0) is 29.7 Å². The molecule has 1 amide bonds. The van der Waals surface area contributed by atoms with Gasteiger partial charge in [-0.1, -0.05) is 50.8 Å². The van der Waals surface area contributed by atoms with Gasteiger partial charge in [-0.2, -0.15) is 0 Å². The van der Waals surface area contributed by atoms with Crippen molar-refractivity contribution in [2.45, 2.75) is 33.1 Å². The molecule has 0 fully saturated rings. The van der Waals surface area contributed by atoms with E-state index in [0.717, 1.165) is 0 Å². The lowest BCUT2D eigenvalue weighted by Gasteiger charge is -2.19. The normalized spacial score (nSPS) is 13.5. The van der Waals surface area contributed by atoms with Gasteiger partial charge < -0.3 is 9.64 Å². The first-order chi connectivity index (χ1) is 14.7. The highest BCUT2D eigenvalue weighted by Crippen LogP contribution is 2.23. The van der Waals surface area contributed by atoms with Crippen molar-refractivity contribution in [1.82, 2.24) is 4.90 Å². The van der Waals surface area contributed by atoms with Crippen LogP contribution in [0.3, 0.4) is 0 Å². The van der Waals surface area contributed by atoms with Gasteiger partial charge in [0.2, 0.25) is 5.91 Å². The van der Waals surface area contributed by atoms with Crippen LogP contribution in [-0.2, 0) is 14.4 Å². The fourth-order valence-corrected chi connectivity index (χ4v) is 3.06. The Labute approximate surface area is 184 Å². The van der Waals surface area contributed by atoms with Crippen LogP contribution in [0.4, 0.5) is 4.39 Å². The zero-order valence-corrected chi connectivity index (χ0v) is 19.0. The Hall–Kier alpha value is -3.02. The van der Waals surface area contributed by atoms with Crippen molar-refractivity contribution in [1.29, 1.82) is 0 Å². The molecule has 0 spiro atoms. The van der Waals surface area contributed by atoms with E-state index >= 15 is 0 Å². The number of nitrogens with zero attached hydrogens (tertiary/aromatic N) is 1. The first kappa shape index (κ1) is 26.0. The average molecular weight is 430 g/mol. The molecule has 0 heterocycles. The molecule has 168 valence electrons. The Balaban J connectivity index is 2.81. The third kappa shape index (κ3) is 7.63. The van der Waals surface area contributed by atoms with Crippen LogP contribution in [-0.4, -0.2) is 43.6 Å². The minimum absolute atomic E-state index is 0.0549. The number of ketones is 2. The van der Waals surface area contributed by atoms with E-state index in [0.29, 0.717) is 11.1 Å². The highest BCUT2D eigenvalue weighted by atomic mass is 19.1. The molecule has 0 N–H and O–H groups in total. The number of halogens is 1. The Kier molecular flexibility index (Phi) is 10.6. The maximum absolute atomic E-state index is 13.9. The van der Waals surface area contributed by atoms with Crippen molar-refractivity contribution in [3.8, 4) is 5.75 Å². The second kappa shape index (κ2) is 12.6. The minimum atomic E-state index is -0.780. The number of hydrogen-bond donors (Lipinski definition) is 0.